The van der Waals surface area contributed by atoms with Crippen LogP contribution in [0.2, 0.25) is 0 Å². The van der Waals surface area contributed by atoms with Crippen LogP contribution < -0.4 is 5.32 Å². The molecule has 3 N–H and O–H groups in total. The average molecular weight is 265 g/mol. The van der Waals surface area contributed by atoms with Gasteiger partial charge in [0, 0.05) is 12.1 Å². The van der Waals surface area contributed by atoms with Crippen molar-refractivity contribution in [3.05, 3.63) is 35.9 Å². The summed E-state index contributed by atoms with van der Waals surface area (Å²) in [6, 6.07) is 9.32. The first-order chi connectivity index (χ1) is 8.68. The molecule has 19 heavy (non-hydrogen) atoms. The first-order valence-corrected chi connectivity index (χ1v) is 6.40. The Kier molecular flexibility index (Phi) is 4.71. The Labute approximate surface area is 114 Å². The number of aliphatic carboxylic acids is 1. The van der Waals surface area contributed by atoms with Gasteiger partial charge in [0.25, 0.3) is 0 Å². The third-order valence-corrected chi connectivity index (χ3v) is 4.02. The summed E-state index contributed by atoms with van der Waals surface area (Å²) in [7, 11) is 0. The van der Waals surface area contributed by atoms with Gasteiger partial charge >= 0.3 is 5.97 Å². The van der Waals surface area contributed by atoms with E-state index in [-0.39, 0.29) is 0 Å². The van der Waals surface area contributed by atoms with Crippen LogP contribution in [0.15, 0.2) is 30.3 Å². The van der Waals surface area contributed by atoms with Crippen LogP contribution in [0.1, 0.15) is 39.4 Å². The molecule has 1 rings (SSSR count). The average Bonchev–Trinajstić information content (AvgIpc) is 2.36. The van der Waals surface area contributed by atoms with Crippen LogP contribution in [0.25, 0.3) is 0 Å². The van der Waals surface area contributed by atoms with E-state index < -0.39 is 23.0 Å². The van der Waals surface area contributed by atoms with Gasteiger partial charge in [0.05, 0.1) is 11.5 Å². The molecule has 0 aliphatic carbocycles. The Balaban J connectivity index is 2.68. The van der Waals surface area contributed by atoms with E-state index in [4.69, 9.17) is 0 Å². The molecule has 0 amide bonds. The normalized spacial score (nSPS) is 14.2. The molecule has 0 saturated carbocycles. The van der Waals surface area contributed by atoms with Crippen molar-refractivity contribution >= 4 is 5.97 Å². The highest BCUT2D eigenvalue weighted by Gasteiger charge is 2.43. The number of carboxylic acid groups (broad SMARTS) is 1. The molecule has 0 heterocycles. The highest BCUT2D eigenvalue weighted by atomic mass is 16.4. The standard InChI is InChI=1S/C15H23NO3/c1-14(2,13(18)19)15(3,4)16-10-12(17)11-8-6-5-7-9-11/h5-9,12,16-17H,10H2,1-4H3,(H,18,19). The summed E-state index contributed by atoms with van der Waals surface area (Å²) >= 11 is 0. The Morgan fingerprint density at radius 3 is 2.21 bits per heavy atom. The van der Waals surface area contributed by atoms with E-state index in [1.54, 1.807) is 13.8 Å². The van der Waals surface area contributed by atoms with Crippen LogP contribution in [0.4, 0.5) is 0 Å². The van der Waals surface area contributed by atoms with Crippen molar-refractivity contribution in [3.63, 3.8) is 0 Å². The third-order valence-electron chi connectivity index (χ3n) is 4.02. The zero-order chi connectivity index (χ0) is 14.7. The molecule has 1 aromatic carbocycles. The minimum Gasteiger partial charge on any atom is -0.481 e. The Bertz CT molecular complexity index is 426. The number of aliphatic hydroxyl groups is 1. The van der Waals surface area contributed by atoms with Crippen LogP contribution in [0.5, 0.6) is 0 Å². The van der Waals surface area contributed by atoms with Gasteiger partial charge in [-0.15, -0.1) is 0 Å². The fourth-order valence-electron chi connectivity index (χ4n) is 1.63. The fraction of sp³-hybridized carbons (Fsp3) is 0.533. The molecule has 4 heteroatoms. The summed E-state index contributed by atoms with van der Waals surface area (Å²) in [5.41, 5.74) is -0.739. The number of carbonyl (C=O) groups is 1. The van der Waals surface area contributed by atoms with Gasteiger partial charge in [-0.1, -0.05) is 30.3 Å². The molecule has 0 bridgehead atoms. The predicted molar refractivity (Wildman–Crippen MR) is 74.9 cm³/mol. The Morgan fingerprint density at radius 1 is 1.21 bits per heavy atom. The molecule has 0 aliphatic rings. The summed E-state index contributed by atoms with van der Waals surface area (Å²) < 4.78 is 0. The van der Waals surface area contributed by atoms with Gasteiger partial charge in [0.15, 0.2) is 0 Å². The second kappa shape index (κ2) is 5.72. The Morgan fingerprint density at radius 2 is 1.74 bits per heavy atom. The van der Waals surface area contributed by atoms with Crippen molar-refractivity contribution in [2.75, 3.05) is 6.54 Å². The van der Waals surface area contributed by atoms with Crippen molar-refractivity contribution in [1.29, 1.82) is 0 Å². The Hall–Kier alpha value is -1.39. The van der Waals surface area contributed by atoms with E-state index >= 15 is 0 Å². The molecule has 0 aliphatic heterocycles. The maximum atomic E-state index is 11.3. The molecule has 1 aromatic rings. The van der Waals surface area contributed by atoms with Crippen molar-refractivity contribution in [3.8, 4) is 0 Å². The van der Waals surface area contributed by atoms with Crippen LogP contribution in [0.3, 0.4) is 0 Å². The minimum atomic E-state index is -0.927. The summed E-state index contributed by atoms with van der Waals surface area (Å²) in [6.07, 6.45) is -0.648. The smallest absolute Gasteiger partial charge is 0.310 e. The zero-order valence-electron chi connectivity index (χ0n) is 12.0. The lowest BCUT2D eigenvalue weighted by Gasteiger charge is -2.39. The van der Waals surface area contributed by atoms with Crippen molar-refractivity contribution in [2.45, 2.75) is 39.3 Å². The maximum absolute atomic E-state index is 11.3. The number of carboxylic acids is 1. The summed E-state index contributed by atoms with van der Waals surface area (Å²) in [5, 5.41) is 22.5. The van der Waals surface area contributed by atoms with Gasteiger partial charge < -0.3 is 15.5 Å². The molecular formula is C15H23NO3. The molecule has 4 nitrogen and oxygen atoms in total. The molecule has 0 saturated heterocycles. The first kappa shape index (κ1) is 15.7. The third kappa shape index (κ3) is 3.55. The van der Waals surface area contributed by atoms with Gasteiger partial charge in [-0.3, -0.25) is 4.79 Å². The van der Waals surface area contributed by atoms with E-state index in [1.165, 1.54) is 0 Å². The van der Waals surface area contributed by atoms with E-state index in [1.807, 2.05) is 44.2 Å². The molecule has 0 fully saturated rings. The number of benzene rings is 1. The van der Waals surface area contributed by atoms with Crippen LogP contribution >= 0.6 is 0 Å². The number of aliphatic hydroxyl groups excluding tert-OH is 1. The quantitative estimate of drug-likeness (QED) is 0.737. The minimum absolute atomic E-state index is 0.313. The van der Waals surface area contributed by atoms with Crippen LogP contribution in [-0.4, -0.2) is 28.3 Å². The predicted octanol–water partition coefficient (Wildman–Crippen LogP) is 2.20. The van der Waals surface area contributed by atoms with Gasteiger partial charge in [-0.2, -0.15) is 0 Å². The lowest BCUT2D eigenvalue weighted by atomic mass is 9.74. The molecule has 1 atom stereocenters. The van der Waals surface area contributed by atoms with E-state index in [0.717, 1.165) is 5.56 Å². The number of rotatable bonds is 6. The van der Waals surface area contributed by atoms with Gasteiger partial charge in [-0.25, -0.2) is 0 Å². The number of hydrogen-bond donors (Lipinski definition) is 3. The second-order valence-corrected chi connectivity index (χ2v) is 5.86. The molecule has 0 radical (unpaired) electrons. The van der Waals surface area contributed by atoms with E-state index in [9.17, 15) is 15.0 Å². The monoisotopic (exact) mass is 265 g/mol. The van der Waals surface area contributed by atoms with E-state index in [2.05, 4.69) is 5.32 Å². The van der Waals surface area contributed by atoms with E-state index in [0.29, 0.717) is 6.54 Å². The zero-order valence-corrected chi connectivity index (χ0v) is 12.0. The lowest BCUT2D eigenvalue weighted by Crippen LogP contribution is -2.55. The van der Waals surface area contributed by atoms with Crippen molar-refractivity contribution in [2.24, 2.45) is 5.41 Å². The van der Waals surface area contributed by atoms with Gasteiger partial charge in [-0.05, 0) is 33.3 Å². The van der Waals surface area contributed by atoms with Gasteiger partial charge in [0.1, 0.15) is 0 Å². The summed E-state index contributed by atoms with van der Waals surface area (Å²) in [5.74, 6) is -0.862. The topological polar surface area (TPSA) is 69.6 Å². The SMILES string of the molecule is CC(C)(NCC(O)c1ccccc1)C(C)(C)C(=O)O. The van der Waals surface area contributed by atoms with Crippen molar-refractivity contribution < 1.29 is 15.0 Å². The van der Waals surface area contributed by atoms with Crippen LogP contribution in [-0.2, 0) is 4.79 Å². The van der Waals surface area contributed by atoms with Crippen molar-refractivity contribution in [1.82, 2.24) is 5.32 Å². The molecular weight excluding hydrogens is 242 g/mol. The fourth-order valence-corrected chi connectivity index (χ4v) is 1.63. The molecule has 0 spiro atoms. The maximum Gasteiger partial charge on any atom is 0.310 e. The lowest BCUT2D eigenvalue weighted by molar-refractivity contribution is -0.151. The molecule has 1 unspecified atom stereocenters. The first-order valence-electron chi connectivity index (χ1n) is 6.40. The molecule has 0 aromatic heterocycles. The summed E-state index contributed by atoms with van der Waals surface area (Å²) in [4.78, 5) is 11.3. The van der Waals surface area contributed by atoms with Gasteiger partial charge in [0.2, 0.25) is 0 Å². The van der Waals surface area contributed by atoms with Crippen LogP contribution in [0, 0.1) is 5.41 Å². The largest absolute Gasteiger partial charge is 0.481 e. The number of β-amino-alcohol motifs (C(OH)–C–C–N with tert-alkyl or cyclic N) is 1. The number of hydrogen-bond acceptors (Lipinski definition) is 3. The highest BCUT2D eigenvalue weighted by Crippen LogP contribution is 2.31. The summed E-state index contributed by atoms with van der Waals surface area (Å²) in [6.45, 7) is 7.33. The highest BCUT2D eigenvalue weighted by molar-refractivity contribution is 5.75. The molecule has 106 valence electrons. The second-order valence-electron chi connectivity index (χ2n) is 5.86. The number of nitrogens with one attached hydrogen (secondary N) is 1.